The zero-order valence-electron chi connectivity index (χ0n) is 7.76. The van der Waals surface area contributed by atoms with Crippen molar-refractivity contribution in [3.8, 4) is 0 Å². The first-order valence-electron chi connectivity index (χ1n) is 4.74. The van der Waals surface area contributed by atoms with Gasteiger partial charge in [0, 0.05) is 6.04 Å². The van der Waals surface area contributed by atoms with E-state index in [-0.39, 0.29) is 5.82 Å². The lowest BCUT2D eigenvalue weighted by Gasteiger charge is -2.09. The molecule has 2 rings (SSSR count). The van der Waals surface area contributed by atoms with Crippen LogP contribution in [0.1, 0.15) is 24.9 Å². The van der Waals surface area contributed by atoms with E-state index in [0.29, 0.717) is 6.04 Å². The van der Waals surface area contributed by atoms with E-state index in [1.165, 1.54) is 17.7 Å². The molecule has 1 aliphatic heterocycles. The third kappa shape index (κ3) is 1.89. The van der Waals surface area contributed by atoms with Crippen LogP contribution in [0.4, 0.5) is 4.39 Å². The lowest BCUT2D eigenvalue weighted by molar-refractivity contribution is 0.603. The van der Waals surface area contributed by atoms with Crippen molar-refractivity contribution in [2.45, 2.75) is 19.4 Å². The minimum absolute atomic E-state index is 0.158. The van der Waals surface area contributed by atoms with Crippen LogP contribution in [0.25, 0.3) is 0 Å². The molecule has 0 spiro atoms. The molecule has 0 bridgehead atoms. The second kappa shape index (κ2) is 3.46. The molecule has 2 unspecified atom stereocenters. The normalized spacial score (nSPS) is 27.8. The van der Waals surface area contributed by atoms with Gasteiger partial charge in [-0.2, -0.15) is 0 Å². The molecular formula is C11H14FN. The van der Waals surface area contributed by atoms with Gasteiger partial charge in [-0.1, -0.05) is 19.1 Å². The van der Waals surface area contributed by atoms with E-state index in [4.69, 9.17) is 0 Å². The van der Waals surface area contributed by atoms with E-state index in [1.807, 2.05) is 12.1 Å². The molecule has 1 saturated heterocycles. The Labute approximate surface area is 78.0 Å². The maximum Gasteiger partial charge on any atom is 0.123 e. The second-order valence-electron chi connectivity index (χ2n) is 3.85. The Morgan fingerprint density at radius 1 is 1.31 bits per heavy atom. The minimum atomic E-state index is -0.158. The Hall–Kier alpha value is -0.890. The van der Waals surface area contributed by atoms with Crippen LogP contribution in [0.3, 0.4) is 0 Å². The lowest BCUT2D eigenvalue weighted by Crippen LogP contribution is -2.13. The first kappa shape index (κ1) is 8.70. The van der Waals surface area contributed by atoms with Gasteiger partial charge in [-0.3, -0.25) is 0 Å². The molecule has 13 heavy (non-hydrogen) atoms. The molecule has 0 amide bonds. The van der Waals surface area contributed by atoms with Gasteiger partial charge >= 0.3 is 0 Å². The smallest absolute Gasteiger partial charge is 0.123 e. The highest BCUT2D eigenvalue weighted by molar-refractivity contribution is 5.20. The Kier molecular flexibility index (Phi) is 2.32. The molecule has 1 aromatic rings. The van der Waals surface area contributed by atoms with Gasteiger partial charge < -0.3 is 5.32 Å². The van der Waals surface area contributed by atoms with Crippen LogP contribution in [0.2, 0.25) is 0 Å². The average Bonchev–Trinajstić information content (AvgIpc) is 2.53. The zero-order valence-corrected chi connectivity index (χ0v) is 7.76. The molecule has 70 valence electrons. The number of hydrogen-bond acceptors (Lipinski definition) is 1. The van der Waals surface area contributed by atoms with Crippen molar-refractivity contribution < 1.29 is 4.39 Å². The summed E-state index contributed by atoms with van der Waals surface area (Å²) in [6, 6.07) is 7.21. The van der Waals surface area contributed by atoms with E-state index in [1.54, 1.807) is 0 Å². The van der Waals surface area contributed by atoms with Crippen molar-refractivity contribution in [2.24, 2.45) is 5.92 Å². The van der Waals surface area contributed by atoms with E-state index in [9.17, 15) is 4.39 Å². The summed E-state index contributed by atoms with van der Waals surface area (Å²) in [6.45, 7) is 3.30. The summed E-state index contributed by atoms with van der Waals surface area (Å²) in [7, 11) is 0. The molecular weight excluding hydrogens is 165 g/mol. The number of benzene rings is 1. The van der Waals surface area contributed by atoms with Crippen LogP contribution in [0.5, 0.6) is 0 Å². The molecule has 0 aliphatic carbocycles. The number of hydrogen-bond donors (Lipinski definition) is 1. The second-order valence-corrected chi connectivity index (χ2v) is 3.85. The fourth-order valence-corrected chi connectivity index (χ4v) is 1.86. The van der Waals surface area contributed by atoms with Crippen molar-refractivity contribution in [3.05, 3.63) is 35.6 Å². The van der Waals surface area contributed by atoms with Crippen molar-refractivity contribution in [1.29, 1.82) is 0 Å². The third-order valence-electron chi connectivity index (χ3n) is 2.62. The maximum atomic E-state index is 12.6. The minimum Gasteiger partial charge on any atom is -0.310 e. The van der Waals surface area contributed by atoms with Crippen LogP contribution < -0.4 is 5.32 Å². The van der Waals surface area contributed by atoms with Crippen LogP contribution >= 0.6 is 0 Å². The molecule has 1 heterocycles. The van der Waals surface area contributed by atoms with Gasteiger partial charge in [0.2, 0.25) is 0 Å². The first-order valence-corrected chi connectivity index (χ1v) is 4.74. The van der Waals surface area contributed by atoms with Crippen molar-refractivity contribution >= 4 is 0 Å². The predicted octanol–water partition coefficient (Wildman–Crippen LogP) is 2.50. The summed E-state index contributed by atoms with van der Waals surface area (Å²) in [5, 5.41) is 3.42. The summed E-state index contributed by atoms with van der Waals surface area (Å²) in [5.41, 5.74) is 1.20. The Morgan fingerprint density at radius 3 is 2.54 bits per heavy atom. The summed E-state index contributed by atoms with van der Waals surface area (Å²) < 4.78 is 12.6. The Bertz CT molecular complexity index is 281. The molecule has 1 nitrogen and oxygen atoms in total. The highest BCUT2D eigenvalue weighted by Crippen LogP contribution is 2.26. The molecule has 0 aromatic heterocycles. The van der Waals surface area contributed by atoms with Gasteiger partial charge in [0.15, 0.2) is 0 Å². The molecule has 2 atom stereocenters. The Morgan fingerprint density at radius 2 is 2.00 bits per heavy atom. The van der Waals surface area contributed by atoms with Gasteiger partial charge in [-0.15, -0.1) is 0 Å². The highest BCUT2D eigenvalue weighted by Gasteiger charge is 2.21. The number of halogens is 1. The molecule has 1 N–H and O–H groups in total. The van der Waals surface area contributed by atoms with Gasteiger partial charge in [0.25, 0.3) is 0 Å². The van der Waals surface area contributed by atoms with Crippen molar-refractivity contribution in [1.82, 2.24) is 5.32 Å². The fourth-order valence-electron chi connectivity index (χ4n) is 1.86. The maximum absolute atomic E-state index is 12.6. The van der Waals surface area contributed by atoms with Crippen LogP contribution in [0, 0.1) is 11.7 Å². The van der Waals surface area contributed by atoms with Gasteiger partial charge in [-0.05, 0) is 36.6 Å². The average molecular weight is 179 g/mol. The van der Waals surface area contributed by atoms with Gasteiger partial charge in [0.05, 0.1) is 0 Å². The standard InChI is InChI=1S/C11H14FN/c1-8-6-11(13-7-8)9-2-4-10(12)5-3-9/h2-5,8,11,13H,6-7H2,1H3. The van der Waals surface area contributed by atoms with E-state index >= 15 is 0 Å². The molecule has 2 heteroatoms. The van der Waals surface area contributed by atoms with Crippen LogP contribution in [0.15, 0.2) is 24.3 Å². The van der Waals surface area contributed by atoms with Crippen LogP contribution in [-0.2, 0) is 0 Å². The van der Waals surface area contributed by atoms with Crippen molar-refractivity contribution in [2.75, 3.05) is 6.54 Å². The van der Waals surface area contributed by atoms with Gasteiger partial charge in [0.1, 0.15) is 5.82 Å². The van der Waals surface area contributed by atoms with E-state index < -0.39 is 0 Å². The number of nitrogens with one attached hydrogen (secondary N) is 1. The lowest BCUT2D eigenvalue weighted by atomic mass is 10.0. The fraction of sp³-hybridized carbons (Fsp3) is 0.455. The van der Waals surface area contributed by atoms with Crippen LogP contribution in [-0.4, -0.2) is 6.54 Å². The molecule has 0 saturated carbocycles. The zero-order chi connectivity index (χ0) is 9.26. The van der Waals surface area contributed by atoms with Gasteiger partial charge in [-0.25, -0.2) is 4.39 Å². The summed E-state index contributed by atoms with van der Waals surface area (Å²) in [4.78, 5) is 0. The largest absolute Gasteiger partial charge is 0.310 e. The molecule has 0 radical (unpaired) electrons. The SMILES string of the molecule is CC1CNC(c2ccc(F)cc2)C1. The Balaban J connectivity index is 2.13. The topological polar surface area (TPSA) is 12.0 Å². The monoisotopic (exact) mass is 179 g/mol. The summed E-state index contributed by atoms with van der Waals surface area (Å²) in [5.74, 6) is 0.574. The molecule has 1 aliphatic rings. The van der Waals surface area contributed by atoms with E-state index in [2.05, 4.69) is 12.2 Å². The number of rotatable bonds is 1. The molecule has 1 aromatic carbocycles. The quantitative estimate of drug-likeness (QED) is 0.698. The highest BCUT2D eigenvalue weighted by atomic mass is 19.1. The van der Waals surface area contributed by atoms with Crippen molar-refractivity contribution in [3.63, 3.8) is 0 Å². The summed E-state index contributed by atoms with van der Waals surface area (Å²) >= 11 is 0. The third-order valence-corrected chi connectivity index (χ3v) is 2.62. The predicted molar refractivity (Wildman–Crippen MR) is 50.9 cm³/mol. The first-order chi connectivity index (χ1) is 6.25. The molecule has 1 fully saturated rings. The van der Waals surface area contributed by atoms with E-state index in [0.717, 1.165) is 18.9 Å². The summed E-state index contributed by atoms with van der Waals surface area (Å²) in [6.07, 6.45) is 1.16.